The zero-order valence-electron chi connectivity index (χ0n) is 11.5. The molecule has 3 aromatic rings. The predicted octanol–water partition coefficient (Wildman–Crippen LogP) is 3.28. The van der Waals surface area contributed by atoms with E-state index in [0.29, 0.717) is 16.7 Å². The number of rotatable bonds is 3. The highest BCUT2D eigenvalue weighted by Crippen LogP contribution is 2.38. The van der Waals surface area contributed by atoms with Crippen molar-refractivity contribution in [2.24, 2.45) is 0 Å². The summed E-state index contributed by atoms with van der Waals surface area (Å²) in [6.07, 6.45) is 1.47. The van der Waals surface area contributed by atoms with Crippen LogP contribution in [0.2, 0.25) is 5.15 Å². The Labute approximate surface area is 121 Å². The van der Waals surface area contributed by atoms with Crippen molar-refractivity contribution in [1.82, 2.24) is 14.5 Å². The highest BCUT2D eigenvalue weighted by molar-refractivity contribution is 6.34. The summed E-state index contributed by atoms with van der Waals surface area (Å²) >= 11 is 6.23. The minimum Gasteiger partial charge on any atom is -0.493 e. The third-order valence-electron chi connectivity index (χ3n) is 3.41. The number of aromatic nitrogens is 3. The maximum absolute atomic E-state index is 6.23. The van der Waals surface area contributed by atoms with Gasteiger partial charge in [0.2, 0.25) is 0 Å². The average molecular weight is 292 g/mol. The first-order chi connectivity index (χ1) is 9.71. The lowest BCUT2D eigenvalue weighted by molar-refractivity contribution is 0.355. The van der Waals surface area contributed by atoms with Crippen molar-refractivity contribution < 1.29 is 9.47 Å². The number of nitrogens with zero attached hydrogens (tertiary/aromatic N) is 3. The monoisotopic (exact) mass is 291 g/mol. The van der Waals surface area contributed by atoms with E-state index in [1.807, 2.05) is 12.1 Å². The first-order valence-electron chi connectivity index (χ1n) is 6.25. The molecule has 0 aliphatic heterocycles. The zero-order valence-corrected chi connectivity index (χ0v) is 12.2. The van der Waals surface area contributed by atoms with Crippen LogP contribution in [0.25, 0.3) is 21.9 Å². The molecule has 0 aliphatic carbocycles. The number of hydrogen-bond donors (Lipinski definition) is 0. The quantitative estimate of drug-likeness (QED) is 0.695. The van der Waals surface area contributed by atoms with E-state index in [1.54, 1.807) is 14.2 Å². The second kappa shape index (κ2) is 4.83. The number of fused-ring (bicyclic) bond motifs is 3. The van der Waals surface area contributed by atoms with Crippen molar-refractivity contribution in [3.05, 3.63) is 23.6 Å². The number of benzene rings is 1. The van der Waals surface area contributed by atoms with Gasteiger partial charge in [0.15, 0.2) is 16.7 Å². The fourth-order valence-electron chi connectivity index (χ4n) is 2.52. The Bertz CT molecular complexity index is 798. The first kappa shape index (κ1) is 13.0. The molecule has 3 rings (SSSR count). The van der Waals surface area contributed by atoms with Crippen LogP contribution in [-0.4, -0.2) is 28.8 Å². The average Bonchev–Trinajstić information content (AvgIpc) is 2.80. The molecule has 2 aromatic heterocycles. The standard InChI is InChI=1S/C14H14ClN3O2/c1-4-18-9-6-11(20-3)10(19-2)5-8(9)12-13(18)14(15)17-7-16-12/h5-7H,4H2,1-3H3. The molecular formula is C14H14ClN3O2. The third-order valence-corrected chi connectivity index (χ3v) is 3.69. The molecule has 104 valence electrons. The molecule has 0 unspecified atom stereocenters. The van der Waals surface area contributed by atoms with Gasteiger partial charge in [0, 0.05) is 18.0 Å². The molecule has 0 bridgehead atoms. The van der Waals surface area contributed by atoms with Crippen LogP contribution >= 0.6 is 11.6 Å². The van der Waals surface area contributed by atoms with Gasteiger partial charge in [-0.05, 0) is 13.0 Å². The van der Waals surface area contributed by atoms with E-state index in [-0.39, 0.29) is 0 Å². The molecule has 2 heterocycles. The summed E-state index contributed by atoms with van der Waals surface area (Å²) in [5.41, 5.74) is 2.66. The Balaban J connectivity index is 2.52. The summed E-state index contributed by atoms with van der Waals surface area (Å²) in [5.74, 6) is 1.35. The van der Waals surface area contributed by atoms with Gasteiger partial charge in [-0.25, -0.2) is 9.97 Å². The van der Waals surface area contributed by atoms with Gasteiger partial charge >= 0.3 is 0 Å². The lowest BCUT2D eigenvalue weighted by atomic mass is 10.2. The zero-order chi connectivity index (χ0) is 14.3. The Hall–Kier alpha value is -2.01. The normalized spacial score (nSPS) is 11.2. The van der Waals surface area contributed by atoms with Crippen LogP contribution < -0.4 is 9.47 Å². The van der Waals surface area contributed by atoms with Crippen LogP contribution in [0.15, 0.2) is 18.5 Å². The van der Waals surface area contributed by atoms with Crippen molar-refractivity contribution in [3.8, 4) is 11.5 Å². The summed E-state index contributed by atoms with van der Waals surface area (Å²) in [4.78, 5) is 8.42. The first-order valence-corrected chi connectivity index (χ1v) is 6.63. The van der Waals surface area contributed by atoms with Crippen molar-refractivity contribution in [1.29, 1.82) is 0 Å². The van der Waals surface area contributed by atoms with Gasteiger partial charge < -0.3 is 14.0 Å². The number of methoxy groups -OCH3 is 2. The molecule has 0 atom stereocenters. The summed E-state index contributed by atoms with van der Waals surface area (Å²) < 4.78 is 12.8. The maximum atomic E-state index is 6.23. The van der Waals surface area contributed by atoms with E-state index in [9.17, 15) is 0 Å². The Morgan fingerprint density at radius 1 is 1.15 bits per heavy atom. The third kappa shape index (κ3) is 1.70. The highest BCUT2D eigenvalue weighted by Gasteiger charge is 2.17. The summed E-state index contributed by atoms with van der Waals surface area (Å²) in [6.45, 7) is 2.82. The Kier molecular flexibility index (Phi) is 3.14. The molecule has 0 radical (unpaired) electrons. The summed E-state index contributed by atoms with van der Waals surface area (Å²) in [7, 11) is 3.24. The second-order valence-electron chi connectivity index (χ2n) is 4.33. The van der Waals surface area contributed by atoms with Crippen LogP contribution in [0.5, 0.6) is 11.5 Å². The predicted molar refractivity (Wildman–Crippen MR) is 78.8 cm³/mol. The molecule has 0 fully saturated rings. The molecule has 0 amide bonds. The fourth-order valence-corrected chi connectivity index (χ4v) is 2.76. The maximum Gasteiger partial charge on any atom is 0.162 e. The fraction of sp³-hybridized carbons (Fsp3) is 0.286. The van der Waals surface area contributed by atoms with Crippen LogP contribution in [0, 0.1) is 0 Å². The largest absolute Gasteiger partial charge is 0.493 e. The van der Waals surface area contributed by atoms with Crippen molar-refractivity contribution >= 4 is 33.5 Å². The molecule has 5 nitrogen and oxygen atoms in total. The summed E-state index contributed by atoms with van der Waals surface area (Å²) in [6, 6.07) is 3.86. The molecule has 0 saturated carbocycles. The minimum atomic E-state index is 0.450. The van der Waals surface area contributed by atoms with Crippen molar-refractivity contribution in [2.45, 2.75) is 13.5 Å². The molecule has 0 aliphatic rings. The molecule has 0 spiro atoms. The number of ether oxygens (including phenoxy) is 2. The number of hydrogen-bond acceptors (Lipinski definition) is 4. The van der Waals surface area contributed by atoms with E-state index in [4.69, 9.17) is 21.1 Å². The number of aryl methyl sites for hydroxylation is 1. The van der Waals surface area contributed by atoms with E-state index in [2.05, 4.69) is 21.5 Å². The van der Waals surface area contributed by atoms with Gasteiger partial charge in [-0.3, -0.25) is 0 Å². The van der Waals surface area contributed by atoms with E-state index >= 15 is 0 Å². The van der Waals surface area contributed by atoms with Gasteiger partial charge in [0.1, 0.15) is 17.4 Å². The van der Waals surface area contributed by atoms with Gasteiger partial charge in [0.25, 0.3) is 0 Å². The lowest BCUT2D eigenvalue weighted by Crippen LogP contribution is -1.96. The molecule has 20 heavy (non-hydrogen) atoms. The van der Waals surface area contributed by atoms with E-state index in [1.165, 1.54) is 6.33 Å². The molecule has 6 heteroatoms. The number of halogens is 1. The van der Waals surface area contributed by atoms with E-state index in [0.717, 1.165) is 28.5 Å². The lowest BCUT2D eigenvalue weighted by Gasteiger charge is -2.09. The highest BCUT2D eigenvalue weighted by atomic mass is 35.5. The van der Waals surface area contributed by atoms with Gasteiger partial charge in [-0.15, -0.1) is 0 Å². The van der Waals surface area contributed by atoms with E-state index < -0.39 is 0 Å². The van der Waals surface area contributed by atoms with Gasteiger partial charge in [-0.1, -0.05) is 11.6 Å². The summed E-state index contributed by atoms with van der Waals surface area (Å²) in [5, 5.41) is 1.43. The molecule has 0 saturated heterocycles. The van der Waals surface area contributed by atoms with Crippen LogP contribution in [0.1, 0.15) is 6.92 Å². The molecule has 0 N–H and O–H groups in total. The van der Waals surface area contributed by atoms with Gasteiger partial charge in [0.05, 0.1) is 19.7 Å². The SMILES string of the molecule is CCn1c2cc(OC)c(OC)cc2c2ncnc(Cl)c21. The molecule has 1 aromatic carbocycles. The minimum absolute atomic E-state index is 0.450. The second-order valence-corrected chi connectivity index (χ2v) is 4.69. The Morgan fingerprint density at radius 3 is 2.50 bits per heavy atom. The van der Waals surface area contributed by atoms with Crippen molar-refractivity contribution in [2.75, 3.05) is 14.2 Å². The van der Waals surface area contributed by atoms with Crippen LogP contribution in [0.4, 0.5) is 0 Å². The van der Waals surface area contributed by atoms with Gasteiger partial charge in [-0.2, -0.15) is 0 Å². The topological polar surface area (TPSA) is 49.2 Å². The molecular weight excluding hydrogens is 278 g/mol. The van der Waals surface area contributed by atoms with Crippen molar-refractivity contribution in [3.63, 3.8) is 0 Å². The Morgan fingerprint density at radius 2 is 1.85 bits per heavy atom. The van der Waals surface area contributed by atoms with Crippen LogP contribution in [-0.2, 0) is 6.54 Å². The van der Waals surface area contributed by atoms with Crippen LogP contribution in [0.3, 0.4) is 0 Å². The smallest absolute Gasteiger partial charge is 0.162 e.